The van der Waals surface area contributed by atoms with Gasteiger partial charge in [0.2, 0.25) is 11.7 Å². The lowest BCUT2D eigenvalue weighted by atomic mass is 9.89. The van der Waals surface area contributed by atoms with Crippen LogP contribution in [0.25, 0.3) is 11.4 Å². The summed E-state index contributed by atoms with van der Waals surface area (Å²) in [4.78, 5) is 21.5. The van der Waals surface area contributed by atoms with E-state index in [1.165, 1.54) is 11.1 Å². The minimum absolute atomic E-state index is 0.0960. The molecule has 7 nitrogen and oxygen atoms in total. The molecule has 3 aromatic rings. The third-order valence-corrected chi connectivity index (χ3v) is 6.53. The summed E-state index contributed by atoms with van der Waals surface area (Å²) in [5, 5.41) is 15.2. The van der Waals surface area contributed by atoms with Gasteiger partial charge in [-0.25, -0.2) is 0 Å². The Bertz CT molecular complexity index is 1120. The summed E-state index contributed by atoms with van der Waals surface area (Å²) in [6.45, 7) is 3.12. The molecule has 5 rings (SSSR count). The molecule has 0 unspecified atom stereocenters. The monoisotopic (exact) mass is 452 g/mol. The fourth-order valence-corrected chi connectivity index (χ4v) is 4.58. The van der Waals surface area contributed by atoms with Gasteiger partial charge in [0, 0.05) is 36.8 Å². The standard InChI is InChI=1S/C24H25ClN4O3/c25-19-7-5-16(6-8-19)23-26-22(32-27-23)15-28-9-11-29(12-10-28)24(31)20-13-17-3-1-2-4-18(17)14-21(20)30/h5-8,13-14,30H,1-4,9-12,15H2. The predicted octanol–water partition coefficient (Wildman–Crippen LogP) is 3.93. The van der Waals surface area contributed by atoms with Crippen molar-refractivity contribution in [2.24, 2.45) is 0 Å². The molecule has 1 amide bonds. The molecule has 1 N–H and O–H groups in total. The summed E-state index contributed by atoms with van der Waals surface area (Å²) in [6, 6.07) is 11.0. The van der Waals surface area contributed by atoms with Crippen LogP contribution in [0.15, 0.2) is 40.9 Å². The summed E-state index contributed by atoms with van der Waals surface area (Å²) in [5.41, 5.74) is 3.64. The van der Waals surface area contributed by atoms with Crippen LogP contribution < -0.4 is 0 Å². The van der Waals surface area contributed by atoms with Crippen LogP contribution in [0.5, 0.6) is 5.75 Å². The molecule has 2 aromatic carbocycles. The smallest absolute Gasteiger partial charge is 0.257 e. The van der Waals surface area contributed by atoms with Crippen molar-refractivity contribution in [1.29, 1.82) is 0 Å². The fraction of sp³-hybridized carbons (Fsp3) is 0.375. The first-order valence-corrected chi connectivity index (χ1v) is 11.4. The number of rotatable bonds is 4. The van der Waals surface area contributed by atoms with Gasteiger partial charge in [-0.3, -0.25) is 9.69 Å². The van der Waals surface area contributed by atoms with Crippen LogP contribution in [0.3, 0.4) is 0 Å². The van der Waals surface area contributed by atoms with Gasteiger partial charge >= 0.3 is 0 Å². The number of nitrogens with zero attached hydrogens (tertiary/aromatic N) is 4. The number of amides is 1. The summed E-state index contributed by atoms with van der Waals surface area (Å²) in [6.07, 6.45) is 4.24. The molecule has 1 aromatic heterocycles. The SMILES string of the molecule is O=C(c1cc2c(cc1O)CCCC2)N1CCN(Cc2nc(-c3ccc(Cl)cc3)no2)CC1. The second kappa shape index (κ2) is 8.92. The van der Waals surface area contributed by atoms with Gasteiger partial charge in [-0.15, -0.1) is 0 Å². The van der Waals surface area contributed by atoms with E-state index in [2.05, 4.69) is 15.0 Å². The average Bonchev–Trinajstić information content (AvgIpc) is 3.27. The zero-order chi connectivity index (χ0) is 22.1. The number of hydrogen-bond donors (Lipinski definition) is 1. The molecule has 2 aliphatic rings. The van der Waals surface area contributed by atoms with Crippen molar-refractivity contribution < 1.29 is 14.4 Å². The molecular weight excluding hydrogens is 428 g/mol. The number of fused-ring (bicyclic) bond motifs is 1. The highest BCUT2D eigenvalue weighted by atomic mass is 35.5. The minimum atomic E-state index is -0.0988. The van der Waals surface area contributed by atoms with Crippen molar-refractivity contribution in [3.05, 3.63) is 64.0 Å². The maximum Gasteiger partial charge on any atom is 0.257 e. The van der Waals surface area contributed by atoms with Gasteiger partial charge in [0.05, 0.1) is 12.1 Å². The summed E-state index contributed by atoms with van der Waals surface area (Å²) in [7, 11) is 0. The lowest BCUT2D eigenvalue weighted by molar-refractivity contribution is 0.0612. The predicted molar refractivity (Wildman–Crippen MR) is 121 cm³/mol. The van der Waals surface area contributed by atoms with Gasteiger partial charge in [0.1, 0.15) is 5.75 Å². The van der Waals surface area contributed by atoms with E-state index in [9.17, 15) is 9.90 Å². The van der Waals surface area contributed by atoms with Gasteiger partial charge in [-0.05, 0) is 73.2 Å². The van der Waals surface area contributed by atoms with Crippen molar-refractivity contribution in [3.63, 3.8) is 0 Å². The summed E-state index contributed by atoms with van der Waals surface area (Å²) in [5.74, 6) is 1.08. The van der Waals surface area contributed by atoms with Gasteiger partial charge in [0.15, 0.2) is 0 Å². The maximum absolute atomic E-state index is 13.1. The Morgan fingerprint density at radius 1 is 1.03 bits per heavy atom. The van der Waals surface area contributed by atoms with Gasteiger partial charge in [-0.1, -0.05) is 16.8 Å². The number of aromatic hydroxyl groups is 1. The number of phenols is 1. The number of piperazine rings is 1. The Kier molecular flexibility index (Phi) is 5.85. The molecule has 8 heteroatoms. The first-order chi connectivity index (χ1) is 15.6. The van der Waals surface area contributed by atoms with Crippen LogP contribution in [0.4, 0.5) is 0 Å². The Morgan fingerprint density at radius 2 is 1.72 bits per heavy atom. The van der Waals surface area contributed by atoms with Crippen molar-refractivity contribution >= 4 is 17.5 Å². The van der Waals surface area contributed by atoms with Gasteiger partial charge in [-0.2, -0.15) is 4.98 Å². The average molecular weight is 453 g/mol. The highest BCUT2D eigenvalue weighted by molar-refractivity contribution is 6.30. The lowest BCUT2D eigenvalue weighted by Gasteiger charge is -2.34. The zero-order valence-electron chi connectivity index (χ0n) is 17.8. The van der Waals surface area contributed by atoms with Crippen LogP contribution in [-0.4, -0.2) is 57.1 Å². The van der Waals surface area contributed by atoms with Gasteiger partial charge in [0.25, 0.3) is 5.91 Å². The van der Waals surface area contributed by atoms with E-state index in [4.69, 9.17) is 16.1 Å². The third kappa shape index (κ3) is 4.36. The minimum Gasteiger partial charge on any atom is -0.507 e. The van der Waals surface area contributed by atoms with Crippen LogP contribution in [0, 0.1) is 0 Å². The maximum atomic E-state index is 13.1. The molecule has 0 atom stereocenters. The number of carbonyl (C=O) groups is 1. The molecule has 1 aliphatic carbocycles. The molecule has 1 saturated heterocycles. The zero-order valence-corrected chi connectivity index (χ0v) is 18.5. The number of aromatic nitrogens is 2. The topological polar surface area (TPSA) is 82.7 Å². The molecule has 0 spiro atoms. The second-order valence-electron chi connectivity index (χ2n) is 8.43. The first-order valence-electron chi connectivity index (χ1n) is 11.0. The molecule has 1 fully saturated rings. The number of hydrogen-bond acceptors (Lipinski definition) is 6. The van der Waals surface area contributed by atoms with Crippen LogP contribution in [-0.2, 0) is 19.4 Å². The van der Waals surface area contributed by atoms with Crippen LogP contribution in [0.1, 0.15) is 40.2 Å². The van der Waals surface area contributed by atoms with Crippen LogP contribution >= 0.6 is 11.6 Å². The van der Waals surface area contributed by atoms with E-state index in [0.717, 1.165) is 31.2 Å². The number of carbonyl (C=O) groups excluding carboxylic acids is 1. The molecule has 166 valence electrons. The molecule has 0 saturated carbocycles. The van der Waals surface area contributed by atoms with Crippen molar-refractivity contribution in [1.82, 2.24) is 19.9 Å². The third-order valence-electron chi connectivity index (χ3n) is 6.28. The highest BCUT2D eigenvalue weighted by Crippen LogP contribution is 2.29. The number of aryl methyl sites for hydroxylation is 2. The molecule has 0 radical (unpaired) electrons. The highest BCUT2D eigenvalue weighted by Gasteiger charge is 2.26. The van der Waals surface area contributed by atoms with E-state index < -0.39 is 0 Å². The van der Waals surface area contributed by atoms with Crippen molar-refractivity contribution in [3.8, 4) is 17.1 Å². The summed E-state index contributed by atoms with van der Waals surface area (Å²) < 4.78 is 5.41. The van der Waals surface area contributed by atoms with E-state index in [-0.39, 0.29) is 11.7 Å². The molecule has 2 heterocycles. The summed E-state index contributed by atoms with van der Waals surface area (Å²) >= 11 is 5.93. The lowest BCUT2D eigenvalue weighted by Crippen LogP contribution is -2.48. The van der Waals surface area contributed by atoms with Crippen LogP contribution in [0.2, 0.25) is 5.02 Å². The van der Waals surface area contributed by atoms with E-state index in [0.29, 0.717) is 55.0 Å². The first kappa shape index (κ1) is 21.0. The van der Waals surface area contributed by atoms with E-state index in [1.54, 1.807) is 18.2 Å². The molecule has 1 aliphatic heterocycles. The Labute approximate surface area is 191 Å². The Morgan fingerprint density at radius 3 is 2.44 bits per heavy atom. The molecule has 32 heavy (non-hydrogen) atoms. The van der Waals surface area contributed by atoms with E-state index in [1.807, 2.05) is 23.1 Å². The van der Waals surface area contributed by atoms with Crippen molar-refractivity contribution in [2.45, 2.75) is 32.2 Å². The second-order valence-corrected chi connectivity index (χ2v) is 8.87. The Balaban J connectivity index is 1.19. The normalized spacial score (nSPS) is 16.7. The van der Waals surface area contributed by atoms with E-state index >= 15 is 0 Å². The fourth-order valence-electron chi connectivity index (χ4n) is 4.45. The van der Waals surface area contributed by atoms with Gasteiger partial charge < -0.3 is 14.5 Å². The largest absolute Gasteiger partial charge is 0.507 e. The molecule has 0 bridgehead atoms. The van der Waals surface area contributed by atoms with Crippen molar-refractivity contribution in [2.75, 3.05) is 26.2 Å². The quantitative estimate of drug-likeness (QED) is 0.645. The number of benzene rings is 2. The Hall–Kier alpha value is -2.90. The number of halogens is 1. The number of phenolic OH excluding ortho intramolecular Hbond substituents is 1. The molecular formula is C24H25ClN4O3.